The Hall–Kier alpha value is -0.520. The van der Waals surface area contributed by atoms with Crippen molar-refractivity contribution in [1.29, 1.82) is 0 Å². The third-order valence-electron chi connectivity index (χ3n) is 2.42. The Morgan fingerprint density at radius 2 is 1.69 bits per heavy atom. The summed E-state index contributed by atoms with van der Waals surface area (Å²) >= 11 is 4.31. The lowest BCUT2D eigenvalue weighted by molar-refractivity contribution is 0.587. The molecule has 0 saturated heterocycles. The lowest BCUT2D eigenvalue weighted by Gasteiger charge is -2.11. The Morgan fingerprint density at radius 3 is 2.06 bits per heavy atom. The smallest absolute Gasteiger partial charge is 0.180 e. The number of benzene rings is 1. The van der Waals surface area contributed by atoms with Crippen molar-refractivity contribution in [2.45, 2.75) is 29.4 Å². The van der Waals surface area contributed by atoms with Gasteiger partial charge in [-0.3, -0.25) is 0 Å². The maximum absolute atomic E-state index is 11.8. The number of rotatable bonds is 4. The number of hydrogen-bond donors (Lipinski definition) is 2. The van der Waals surface area contributed by atoms with Gasteiger partial charge in [0.1, 0.15) is 0 Å². The molecule has 0 aliphatic rings. The number of nitrogens with one attached hydrogen (secondary N) is 1. The van der Waals surface area contributed by atoms with E-state index in [0.29, 0.717) is 4.90 Å². The van der Waals surface area contributed by atoms with E-state index >= 15 is 0 Å². The molecule has 1 aromatic rings. The zero-order chi connectivity index (χ0) is 12.3. The monoisotopic (exact) mass is 259 g/mol. The van der Waals surface area contributed by atoms with Gasteiger partial charge in [-0.1, -0.05) is 12.1 Å². The Balaban J connectivity index is 3.05. The van der Waals surface area contributed by atoms with Crippen LogP contribution in [-0.2, 0) is 9.84 Å². The van der Waals surface area contributed by atoms with Crippen LogP contribution in [0.5, 0.6) is 0 Å². The predicted molar refractivity (Wildman–Crippen MR) is 69.6 cm³/mol. The molecular weight excluding hydrogens is 242 g/mol. The van der Waals surface area contributed by atoms with Gasteiger partial charge in [0.05, 0.1) is 15.5 Å². The molecule has 1 N–H and O–H groups in total. The Kier molecular flexibility index (Phi) is 4.41. The lowest BCUT2D eigenvalue weighted by Crippen LogP contribution is -2.14. The first-order valence-corrected chi connectivity index (χ1v) is 7.15. The highest BCUT2D eigenvalue weighted by molar-refractivity contribution is 7.92. The molecule has 1 aromatic carbocycles. The lowest BCUT2D eigenvalue weighted by atomic mass is 10.2. The molecule has 5 heteroatoms. The first kappa shape index (κ1) is 13.5. The van der Waals surface area contributed by atoms with Crippen LogP contribution in [0.1, 0.15) is 24.8 Å². The molecule has 0 fully saturated rings. The first-order chi connectivity index (χ1) is 7.39. The highest BCUT2D eigenvalue weighted by Crippen LogP contribution is 2.21. The molecule has 0 heterocycles. The quantitative estimate of drug-likeness (QED) is 0.642. The summed E-state index contributed by atoms with van der Waals surface area (Å²) in [6.07, 6.45) is 0. The van der Waals surface area contributed by atoms with E-state index in [4.69, 9.17) is 0 Å². The van der Waals surface area contributed by atoms with Crippen LogP contribution < -0.4 is 5.32 Å². The van der Waals surface area contributed by atoms with Crippen molar-refractivity contribution in [2.75, 3.05) is 7.05 Å². The fourth-order valence-corrected chi connectivity index (χ4v) is 2.51. The summed E-state index contributed by atoms with van der Waals surface area (Å²) in [4.78, 5) is 0.364. The van der Waals surface area contributed by atoms with Crippen LogP contribution in [0.2, 0.25) is 0 Å². The summed E-state index contributed by atoms with van der Waals surface area (Å²) in [7, 11) is -1.37. The highest BCUT2D eigenvalue weighted by Gasteiger charge is 2.18. The van der Waals surface area contributed by atoms with Gasteiger partial charge >= 0.3 is 0 Å². The molecule has 0 aliphatic heterocycles. The highest BCUT2D eigenvalue weighted by atomic mass is 32.2. The van der Waals surface area contributed by atoms with Gasteiger partial charge in [0.2, 0.25) is 0 Å². The van der Waals surface area contributed by atoms with E-state index in [0.717, 1.165) is 5.56 Å². The molecule has 16 heavy (non-hydrogen) atoms. The average Bonchev–Trinajstić information content (AvgIpc) is 2.28. The van der Waals surface area contributed by atoms with Crippen molar-refractivity contribution in [1.82, 2.24) is 5.32 Å². The molecule has 1 rings (SSSR count). The molecule has 90 valence electrons. The van der Waals surface area contributed by atoms with E-state index in [2.05, 4.69) is 17.9 Å². The summed E-state index contributed by atoms with van der Waals surface area (Å²) in [5, 5.41) is 2.51. The fourth-order valence-electron chi connectivity index (χ4n) is 1.28. The minimum absolute atomic E-state index is 0.0733. The first-order valence-electron chi connectivity index (χ1n) is 5.08. The topological polar surface area (TPSA) is 46.2 Å². The van der Waals surface area contributed by atoms with Crippen molar-refractivity contribution >= 4 is 22.5 Å². The maximum Gasteiger partial charge on any atom is 0.180 e. The van der Waals surface area contributed by atoms with Gasteiger partial charge in [0.25, 0.3) is 0 Å². The molecule has 0 spiro atoms. The van der Waals surface area contributed by atoms with Crippen molar-refractivity contribution in [3.63, 3.8) is 0 Å². The van der Waals surface area contributed by atoms with Gasteiger partial charge in [0, 0.05) is 0 Å². The molecule has 3 nitrogen and oxygen atoms in total. The van der Waals surface area contributed by atoms with Crippen molar-refractivity contribution in [3.8, 4) is 0 Å². The van der Waals surface area contributed by atoms with Gasteiger partial charge in [0.15, 0.2) is 9.84 Å². The molecule has 0 aromatic heterocycles. The Bertz CT molecular complexity index is 438. The van der Waals surface area contributed by atoms with Crippen LogP contribution in [0.25, 0.3) is 0 Å². The summed E-state index contributed by atoms with van der Waals surface area (Å²) in [6.45, 7) is 3.36. The Morgan fingerprint density at radius 1 is 1.19 bits per heavy atom. The molecule has 1 unspecified atom stereocenters. The van der Waals surface area contributed by atoms with E-state index in [9.17, 15) is 8.42 Å². The normalized spacial score (nSPS) is 14.1. The average molecular weight is 259 g/mol. The zero-order valence-corrected chi connectivity index (χ0v) is 11.3. The predicted octanol–water partition coefficient (Wildman–Crippen LogP) is 2.02. The SMILES string of the molecule is CNC(S)c1ccc(S(=O)(=O)C(C)C)cc1. The summed E-state index contributed by atoms with van der Waals surface area (Å²) in [6, 6.07) is 6.82. The third kappa shape index (κ3) is 2.78. The molecule has 0 saturated carbocycles. The van der Waals surface area contributed by atoms with E-state index in [1.165, 1.54) is 0 Å². The van der Waals surface area contributed by atoms with Crippen molar-refractivity contribution in [2.24, 2.45) is 0 Å². The second-order valence-corrected chi connectivity index (χ2v) is 6.87. The maximum atomic E-state index is 11.8. The van der Waals surface area contributed by atoms with Crippen LogP contribution >= 0.6 is 12.6 Å². The summed E-state index contributed by atoms with van der Waals surface area (Å²) in [5.41, 5.74) is 0.952. The molecule has 0 bridgehead atoms. The second kappa shape index (κ2) is 5.21. The Labute approximate surface area is 103 Å². The van der Waals surface area contributed by atoms with Crippen LogP contribution in [0.15, 0.2) is 29.2 Å². The summed E-state index contributed by atoms with van der Waals surface area (Å²) < 4.78 is 23.7. The van der Waals surface area contributed by atoms with Crippen molar-refractivity contribution in [3.05, 3.63) is 29.8 Å². The third-order valence-corrected chi connectivity index (χ3v) is 5.15. The van der Waals surface area contributed by atoms with E-state index < -0.39 is 15.1 Å². The van der Waals surface area contributed by atoms with E-state index in [1.807, 2.05) is 0 Å². The summed E-state index contributed by atoms with van der Waals surface area (Å²) in [5.74, 6) is 0. The van der Waals surface area contributed by atoms with Crippen molar-refractivity contribution < 1.29 is 8.42 Å². The molecule has 0 amide bonds. The van der Waals surface area contributed by atoms with E-state index in [1.54, 1.807) is 45.2 Å². The van der Waals surface area contributed by atoms with Crippen LogP contribution in [0.3, 0.4) is 0 Å². The second-order valence-electron chi connectivity index (χ2n) is 3.85. The largest absolute Gasteiger partial charge is 0.305 e. The molecule has 1 atom stereocenters. The minimum Gasteiger partial charge on any atom is -0.305 e. The van der Waals surface area contributed by atoms with E-state index in [-0.39, 0.29) is 5.37 Å². The number of hydrogen-bond acceptors (Lipinski definition) is 4. The van der Waals surface area contributed by atoms with Gasteiger partial charge in [-0.05, 0) is 38.6 Å². The van der Waals surface area contributed by atoms with Gasteiger partial charge < -0.3 is 5.32 Å². The van der Waals surface area contributed by atoms with Crippen LogP contribution in [0, 0.1) is 0 Å². The van der Waals surface area contributed by atoms with Crippen LogP contribution in [-0.4, -0.2) is 20.7 Å². The van der Waals surface area contributed by atoms with Crippen LogP contribution in [0.4, 0.5) is 0 Å². The molecular formula is C11H17NO2S2. The van der Waals surface area contributed by atoms with Gasteiger partial charge in [-0.15, -0.1) is 0 Å². The van der Waals surface area contributed by atoms with Gasteiger partial charge in [-0.25, -0.2) is 8.42 Å². The molecule has 0 aliphatic carbocycles. The fraction of sp³-hybridized carbons (Fsp3) is 0.455. The zero-order valence-electron chi connectivity index (χ0n) is 9.64. The number of thiol groups is 1. The number of sulfone groups is 1. The van der Waals surface area contributed by atoms with Gasteiger partial charge in [-0.2, -0.15) is 12.6 Å². The minimum atomic E-state index is -3.17. The molecule has 0 radical (unpaired) electrons. The standard InChI is InChI=1S/C11H17NO2S2/c1-8(2)16(13,14)10-6-4-9(5-7-10)11(15)12-3/h4-8,11-12,15H,1-3H3.